The molecule has 1 aliphatic carbocycles. The molecular weight excluding hydrogens is 468 g/mol. The van der Waals surface area contributed by atoms with E-state index in [1.165, 1.54) is 15.2 Å². The number of sulfonamides is 1. The molecule has 0 spiro atoms. The summed E-state index contributed by atoms with van der Waals surface area (Å²) in [7, 11) is -2.33. The fourth-order valence-corrected chi connectivity index (χ4v) is 5.73. The lowest BCUT2D eigenvalue weighted by Crippen LogP contribution is -2.33. The Kier molecular flexibility index (Phi) is 6.95. The number of aryl methyl sites for hydroxylation is 1. The minimum atomic E-state index is -3.88. The minimum Gasteiger partial charge on any atom is -0.480 e. The second-order valence-electron chi connectivity index (χ2n) is 9.16. The van der Waals surface area contributed by atoms with Crippen molar-refractivity contribution in [3.63, 3.8) is 0 Å². The van der Waals surface area contributed by atoms with Crippen LogP contribution in [0.1, 0.15) is 61.0 Å². The number of ether oxygens (including phenoxy) is 1. The molecule has 0 radical (unpaired) electrons. The largest absolute Gasteiger partial charge is 0.480 e. The Morgan fingerprint density at radius 2 is 1.97 bits per heavy atom. The fourth-order valence-electron chi connectivity index (χ4n) is 4.38. The zero-order chi connectivity index (χ0) is 25.3. The maximum atomic E-state index is 13.6. The topological polar surface area (TPSA) is 115 Å². The van der Waals surface area contributed by atoms with Crippen molar-refractivity contribution in [1.82, 2.24) is 19.1 Å². The highest BCUT2D eigenvalue weighted by Crippen LogP contribution is 2.37. The van der Waals surface area contributed by atoms with Crippen molar-refractivity contribution in [2.24, 2.45) is 0 Å². The molecule has 2 aromatic heterocycles. The first kappa shape index (κ1) is 24.9. The number of nitrogens with zero attached hydrogens (tertiary/aromatic N) is 4. The molecule has 1 atom stereocenters. The SMILES string of the molecule is Cc1ccc(Oc2ncc(S(=O)(=O)N(C)[C@@H]3CCCc4c3cnn4CC(=O)O)cc2C(C)C)cc1. The molecule has 9 nitrogen and oxygen atoms in total. The lowest BCUT2D eigenvalue weighted by molar-refractivity contribution is -0.137. The van der Waals surface area contributed by atoms with Gasteiger partial charge in [-0.05, 0) is 50.3 Å². The Morgan fingerprint density at radius 3 is 2.63 bits per heavy atom. The molecular formula is C25H30N4O5S. The Balaban J connectivity index is 1.64. The Hall–Kier alpha value is -3.24. The third-order valence-electron chi connectivity index (χ3n) is 6.34. The summed E-state index contributed by atoms with van der Waals surface area (Å²) in [6.45, 7) is 5.67. The first-order chi connectivity index (χ1) is 16.6. The van der Waals surface area contributed by atoms with Gasteiger partial charge >= 0.3 is 5.97 Å². The molecule has 3 aromatic rings. The minimum absolute atomic E-state index is 0.0149. The number of fused-ring (bicyclic) bond motifs is 1. The molecule has 1 aromatic carbocycles. The van der Waals surface area contributed by atoms with Crippen molar-refractivity contribution >= 4 is 16.0 Å². The fraction of sp³-hybridized carbons (Fsp3) is 0.400. The van der Waals surface area contributed by atoms with Crippen LogP contribution >= 0.6 is 0 Å². The molecule has 0 fully saturated rings. The lowest BCUT2D eigenvalue weighted by atomic mass is 9.93. The van der Waals surface area contributed by atoms with Gasteiger partial charge in [0, 0.05) is 23.9 Å². The van der Waals surface area contributed by atoms with Crippen LogP contribution in [0.4, 0.5) is 0 Å². The van der Waals surface area contributed by atoms with Gasteiger partial charge in [-0.15, -0.1) is 0 Å². The van der Waals surface area contributed by atoms with Gasteiger partial charge in [0.1, 0.15) is 17.2 Å². The van der Waals surface area contributed by atoms with Crippen LogP contribution in [0.25, 0.3) is 0 Å². The summed E-state index contributed by atoms with van der Waals surface area (Å²) in [5, 5.41) is 13.4. The number of pyridine rings is 1. The second kappa shape index (κ2) is 9.79. The molecule has 0 saturated heterocycles. The van der Waals surface area contributed by atoms with Crippen LogP contribution in [0, 0.1) is 6.92 Å². The molecule has 10 heteroatoms. The number of aromatic nitrogens is 3. The summed E-state index contributed by atoms with van der Waals surface area (Å²) in [5.74, 6) is 0.00404. The number of aliphatic carboxylic acids is 1. The van der Waals surface area contributed by atoms with E-state index in [-0.39, 0.29) is 17.4 Å². The van der Waals surface area contributed by atoms with E-state index in [4.69, 9.17) is 9.84 Å². The van der Waals surface area contributed by atoms with E-state index in [9.17, 15) is 13.2 Å². The molecule has 1 aliphatic rings. The number of carboxylic acids is 1. The van der Waals surface area contributed by atoms with Crippen molar-refractivity contribution in [1.29, 1.82) is 0 Å². The van der Waals surface area contributed by atoms with Gasteiger partial charge in [-0.25, -0.2) is 13.4 Å². The molecule has 1 N–H and O–H groups in total. The van der Waals surface area contributed by atoms with Crippen molar-refractivity contribution in [2.45, 2.75) is 63.4 Å². The average Bonchev–Trinajstić information content (AvgIpc) is 3.22. The Morgan fingerprint density at radius 1 is 1.26 bits per heavy atom. The Labute approximate surface area is 205 Å². The molecule has 4 rings (SSSR count). The zero-order valence-electron chi connectivity index (χ0n) is 20.3. The van der Waals surface area contributed by atoms with Crippen LogP contribution in [-0.2, 0) is 27.8 Å². The number of carbonyl (C=O) groups is 1. The summed E-state index contributed by atoms with van der Waals surface area (Å²) in [5.41, 5.74) is 3.32. The van der Waals surface area contributed by atoms with Crippen molar-refractivity contribution in [2.75, 3.05) is 7.05 Å². The van der Waals surface area contributed by atoms with Crippen molar-refractivity contribution in [3.8, 4) is 11.6 Å². The van der Waals surface area contributed by atoms with E-state index in [1.54, 1.807) is 19.3 Å². The van der Waals surface area contributed by atoms with E-state index in [1.807, 2.05) is 45.0 Å². The van der Waals surface area contributed by atoms with Gasteiger partial charge in [0.05, 0.1) is 18.4 Å². The van der Waals surface area contributed by atoms with Crippen LogP contribution in [-0.4, -0.2) is 45.6 Å². The molecule has 0 saturated carbocycles. The van der Waals surface area contributed by atoms with E-state index >= 15 is 0 Å². The average molecular weight is 499 g/mol. The normalized spacial score (nSPS) is 15.9. The summed E-state index contributed by atoms with van der Waals surface area (Å²) in [4.78, 5) is 15.6. The van der Waals surface area contributed by atoms with Gasteiger partial charge in [0.25, 0.3) is 0 Å². The molecule has 35 heavy (non-hydrogen) atoms. The van der Waals surface area contributed by atoms with Crippen LogP contribution < -0.4 is 4.74 Å². The van der Waals surface area contributed by atoms with Gasteiger partial charge in [-0.2, -0.15) is 9.40 Å². The maximum absolute atomic E-state index is 13.6. The first-order valence-electron chi connectivity index (χ1n) is 11.6. The smallest absolute Gasteiger partial charge is 0.325 e. The summed E-state index contributed by atoms with van der Waals surface area (Å²) in [6, 6.07) is 8.78. The van der Waals surface area contributed by atoms with Crippen LogP contribution in [0.15, 0.2) is 47.6 Å². The molecule has 0 bridgehead atoms. The van der Waals surface area contributed by atoms with E-state index in [0.717, 1.165) is 23.2 Å². The van der Waals surface area contributed by atoms with Crippen LogP contribution in [0.5, 0.6) is 11.6 Å². The van der Waals surface area contributed by atoms with E-state index in [0.29, 0.717) is 30.0 Å². The van der Waals surface area contributed by atoms with Crippen molar-refractivity contribution in [3.05, 3.63) is 65.1 Å². The zero-order valence-corrected chi connectivity index (χ0v) is 21.1. The van der Waals surface area contributed by atoms with Gasteiger partial charge in [-0.3, -0.25) is 9.48 Å². The van der Waals surface area contributed by atoms with Crippen LogP contribution in [0.3, 0.4) is 0 Å². The molecule has 0 unspecified atom stereocenters. The standard InChI is InChI=1S/C25H30N4O5S/c1-16(2)20-12-19(13-26-25(20)34-18-10-8-17(3)9-11-18)35(32,33)28(4)22-6-5-7-23-21(22)14-27-29(23)15-24(30)31/h8-14,16,22H,5-7,15H2,1-4H3,(H,30,31)/t22-/m1/s1. The van der Waals surface area contributed by atoms with Gasteiger partial charge in [0.2, 0.25) is 15.9 Å². The van der Waals surface area contributed by atoms with E-state index in [2.05, 4.69) is 10.1 Å². The van der Waals surface area contributed by atoms with Gasteiger partial charge in [0.15, 0.2) is 0 Å². The first-order valence-corrected chi connectivity index (χ1v) is 13.0. The molecule has 186 valence electrons. The lowest BCUT2D eigenvalue weighted by Gasteiger charge is -2.31. The monoisotopic (exact) mass is 498 g/mol. The third kappa shape index (κ3) is 5.08. The number of benzene rings is 1. The highest BCUT2D eigenvalue weighted by Gasteiger charge is 2.35. The predicted octanol–water partition coefficient (Wildman–Crippen LogP) is 4.28. The number of hydrogen-bond acceptors (Lipinski definition) is 6. The van der Waals surface area contributed by atoms with E-state index < -0.39 is 22.0 Å². The second-order valence-corrected chi connectivity index (χ2v) is 11.2. The van der Waals surface area contributed by atoms with Crippen LogP contribution in [0.2, 0.25) is 0 Å². The highest BCUT2D eigenvalue weighted by molar-refractivity contribution is 7.89. The Bertz CT molecular complexity index is 1330. The van der Waals surface area contributed by atoms with Gasteiger partial charge < -0.3 is 9.84 Å². The van der Waals surface area contributed by atoms with Gasteiger partial charge in [-0.1, -0.05) is 31.5 Å². The number of rotatable bonds is 8. The summed E-state index contributed by atoms with van der Waals surface area (Å²) >= 11 is 0. The number of carboxylic acid groups (broad SMARTS) is 1. The predicted molar refractivity (Wildman–Crippen MR) is 130 cm³/mol. The molecule has 0 aliphatic heterocycles. The molecule has 0 amide bonds. The summed E-state index contributed by atoms with van der Waals surface area (Å²) in [6.07, 6.45) is 4.95. The maximum Gasteiger partial charge on any atom is 0.325 e. The summed E-state index contributed by atoms with van der Waals surface area (Å²) < 4.78 is 36.0. The van der Waals surface area contributed by atoms with Crippen molar-refractivity contribution < 1.29 is 23.1 Å². The quantitative estimate of drug-likeness (QED) is 0.493. The third-order valence-corrected chi connectivity index (χ3v) is 8.18. The molecule has 2 heterocycles. The highest BCUT2D eigenvalue weighted by atomic mass is 32.2. The number of hydrogen-bond donors (Lipinski definition) is 1.